The van der Waals surface area contributed by atoms with Gasteiger partial charge in [-0.05, 0) is 56.2 Å². The number of aryl methyl sites for hydroxylation is 1. The molecule has 1 aliphatic carbocycles. The number of benzene rings is 2. The number of hydrogen-bond acceptors (Lipinski definition) is 1. The van der Waals surface area contributed by atoms with Crippen LogP contribution in [0, 0.1) is 24.2 Å². The molecule has 0 amide bonds. The fraction of sp³-hybridized carbons (Fsp3) is 0.211. The van der Waals surface area contributed by atoms with E-state index >= 15 is 0 Å². The van der Waals surface area contributed by atoms with E-state index in [1.165, 1.54) is 5.56 Å². The van der Waals surface area contributed by atoms with E-state index in [1.54, 1.807) is 24.3 Å². The van der Waals surface area contributed by atoms with Gasteiger partial charge in [0, 0.05) is 16.1 Å². The van der Waals surface area contributed by atoms with Gasteiger partial charge in [0.05, 0.1) is 5.41 Å². The van der Waals surface area contributed by atoms with E-state index in [0.717, 1.165) is 18.4 Å². The number of rotatable bonds is 2. The summed E-state index contributed by atoms with van der Waals surface area (Å²) in [5.74, 6) is 6.44. The SMILES string of the molecule is Cc1ccc(C#CC2(C(=O)c3ccc(Cl)cc3)CC2)cc1. The molecule has 0 atom stereocenters. The Labute approximate surface area is 130 Å². The lowest BCUT2D eigenvalue weighted by molar-refractivity contribution is 0.0935. The summed E-state index contributed by atoms with van der Waals surface area (Å²) < 4.78 is 0. The summed E-state index contributed by atoms with van der Waals surface area (Å²) in [5.41, 5.74) is 2.36. The number of carbonyl (C=O) groups excluding carboxylic acids is 1. The molecule has 0 heterocycles. The molecule has 0 unspecified atom stereocenters. The first-order chi connectivity index (χ1) is 10.1. The second-order valence-electron chi connectivity index (χ2n) is 5.53. The number of ketones is 1. The Bertz CT molecular complexity index is 726. The fourth-order valence-electron chi connectivity index (χ4n) is 2.24. The lowest BCUT2D eigenvalue weighted by Crippen LogP contribution is -2.13. The summed E-state index contributed by atoms with van der Waals surface area (Å²) in [6.07, 6.45) is 1.68. The van der Waals surface area contributed by atoms with Crippen molar-refractivity contribution in [2.45, 2.75) is 19.8 Å². The van der Waals surface area contributed by atoms with Crippen LogP contribution >= 0.6 is 11.6 Å². The molecule has 3 rings (SSSR count). The highest BCUT2D eigenvalue weighted by molar-refractivity contribution is 6.30. The van der Waals surface area contributed by atoms with Gasteiger partial charge in [-0.3, -0.25) is 4.79 Å². The van der Waals surface area contributed by atoms with E-state index in [2.05, 4.69) is 11.8 Å². The summed E-state index contributed by atoms with van der Waals surface area (Å²) in [6, 6.07) is 15.1. The monoisotopic (exact) mass is 294 g/mol. The third kappa shape index (κ3) is 3.01. The summed E-state index contributed by atoms with van der Waals surface area (Å²) in [7, 11) is 0. The average molecular weight is 295 g/mol. The van der Waals surface area contributed by atoms with E-state index in [0.29, 0.717) is 10.6 Å². The normalized spacial score (nSPS) is 15.0. The first-order valence-corrected chi connectivity index (χ1v) is 7.37. The Hall–Kier alpha value is -2.04. The molecule has 2 heteroatoms. The second-order valence-corrected chi connectivity index (χ2v) is 5.97. The van der Waals surface area contributed by atoms with Crippen LogP contribution in [0.5, 0.6) is 0 Å². The van der Waals surface area contributed by atoms with Crippen LogP contribution in [0.25, 0.3) is 0 Å². The molecule has 1 saturated carbocycles. The van der Waals surface area contributed by atoms with Gasteiger partial charge in [0.2, 0.25) is 0 Å². The highest BCUT2D eigenvalue weighted by Crippen LogP contribution is 2.47. The van der Waals surface area contributed by atoms with E-state index < -0.39 is 5.41 Å². The molecule has 104 valence electrons. The molecule has 1 nitrogen and oxygen atoms in total. The van der Waals surface area contributed by atoms with Crippen LogP contribution in [0.3, 0.4) is 0 Å². The van der Waals surface area contributed by atoms with E-state index in [4.69, 9.17) is 11.6 Å². The van der Waals surface area contributed by atoms with Gasteiger partial charge in [-0.1, -0.05) is 41.1 Å². The summed E-state index contributed by atoms with van der Waals surface area (Å²) >= 11 is 5.86. The molecule has 1 fully saturated rings. The molecule has 0 aromatic heterocycles. The number of carbonyl (C=O) groups is 1. The van der Waals surface area contributed by atoms with E-state index in [-0.39, 0.29) is 5.78 Å². The minimum atomic E-state index is -0.487. The molecule has 21 heavy (non-hydrogen) atoms. The van der Waals surface area contributed by atoms with Gasteiger partial charge in [-0.2, -0.15) is 0 Å². The molecule has 0 N–H and O–H groups in total. The highest BCUT2D eigenvalue weighted by atomic mass is 35.5. The van der Waals surface area contributed by atoms with Crippen LogP contribution in [-0.2, 0) is 0 Å². The first-order valence-electron chi connectivity index (χ1n) is 6.99. The van der Waals surface area contributed by atoms with Crippen LogP contribution in [0.15, 0.2) is 48.5 Å². The third-order valence-electron chi connectivity index (χ3n) is 3.79. The highest BCUT2D eigenvalue weighted by Gasteiger charge is 2.48. The quantitative estimate of drug-likeness (QED) is 0.581. The van der Waals surface area contributed by atoms with Gasteiger partial charge in [-0.25, -0.2) is 0 Å². The maximum atomic E-state index is 12.6. The summed E-state index contributed by atoms with van der Waals surface area (Å²) in [5, 5.41) is 0.641. The van der Waals surface area contributed by atoms with Crippen LogP contribution in [0.2, 0.25) is 5.02 Å². The van der Waals surface area contributed by atoms with Gasteiger partial charge in [0.15, 0.2) is 5.78 Å². The van der Waals surface area contributed by atoms with Crippen molar-refractivity contribution in [1.82, 2.24) is 0 Å². The Morgan fingerprint density at radius 1 is 1.05 bits per heavy atom. The first kappa shape index (κ1) is 13.9. The Balaban J connectivity index is 1.83. The fourth-order valence-corrected chi connectivity index (χ4v) is 2.37. The topological polar surface area (TPSA) is 17.1 Å². The van der Waals surface area contributed by atoms with Crippen molar-refractivity contribution in [1.29, 1.82) is 0 Å². The molecule has 0 bridgehead atoms. The number of halogens is 1. The van der Waals surface area contributed by atoms with E-state index in [1.807, 2.05) is 31.2 Å². The Morgan fingerprint density at radius 3 is 2.24 bits per heavy atom. The summed E-state index contributed by atoms with van der Waals surface area (Å²) in [6.45, 7) is 2.05. The van der Waals surface area contributed by atoms with Crippen molar-refractivity contribution in [3.63, 3.8) is 0 Å². The zero-order chi connectivity index (χ0) is 14.9. The largest absolute Gasteiger partial charge is 0.292 e. The summed E-state index contributed by atoms with van der Waals surface area (Å²) in [4.78, 5) is 12.6. The molecular weight excluding hydrogens is 280 g/mol. The Kier molecular flexibility index (Phi) is 3.57. The lowest BCUT2D eigenvalue weighted by Gasteiger charge is -2.06. The molecule has 0 radical (unpaired) electrons. The maximum absolute atomic E-state index is 12.6. The molecule has 1 aliphatic rings. The lowest BCUT2D eigenvalue weighted by atomic mass is 9.95. The average Bonchev–Trinajstić information content (AvgIpc) is 3.28. The standard InChI is InChI=1S/C19H15ClO/c1-14-2-4-15(5-3-14)10-11-19(12-13-19)18(21)16-6-8-17(20)9-7-16/h2-9H,12-13H2,1H3. The van der Waals surface area contributed by atoms with Gasteiger partial charge in [0.1, 0.15) is 0 Å². The van der Waals surface area contributed by atoms with Crippen LogP contribution < -0.4 is 0 Å². The number of hydrogen-bond donors (Lipinski definition) is 0. The van der Waals surface area contributed by atoms with Gasteiger partial charge < -0.3 is 0 Å². The minimum absolute atomic E-state index is 0.110. The van der Waals surface area contributed by atoms with Crippen molar-refractivity contribution < 1.29 is 4.79 Å². The van der Waals surface area contributed by atoms with Gasteiger partial charge in [-0.15, -0.1) is 0 Å². The predicted octanol–water partition coefficient (Wildman–Crippen LogP) is 4.66. The Morgan fingerprint density at radius 2 is 1.67 bits per heavy atom. The van der Waals surface area contributed by atoms with Crippen LogP contribution in [-0.4, -0.2) is 5.78 Å². The van der Waals surface area contributed by atoms with Gasteiger partial charge >= 0.3 is 0 Å². The molecule has 0 aliphatic heterocycles. The minimum Gasteiger partial charge on any atom is -0.292 e. The molecular formula is C19H15ClO. The third-order valence-corrected chi connectivity index (χ3v) is 4.04. The van der Waals surface area contributed by atoms with Gasteiger partial charge in [0.25, 0.3) is 0 Å². The second kappa shape index (κ2) is 5.39. The molecule has 2 aromatic rings. The maximum Gasteiger partial charge on any atom is 0.180 e. The smallest absolute Gasteiger partial charge is 0.180 e. The van der Waals surface area contributed by atoms with Crippen molar-refractivity contribution >= 4 is 17.4 Å². The van der Waals surface area contributed by atoms with Crippen molar-refractivity contribution in [2.75, 3.05) is 0 Å². The molecule has 0 spiro atoms. The molecule has 0 saturated heterocycles. The van der Waals surface area contributed by atoms with Crippen molar-refractivity contribution in [2.24, 2.45) is 5.41 Å². The zero-order valence-corrected chi connectivity index (χ0v) is 12.6. The van der Waals surface area contributed by atoms with E-state index in [9.17, 15) is 4.79 Å². The predicted molar refractivity (Wildman–Crippen MR) is 85.5 cm³/mol. The van der Waals surface area contributed by atoms with Crippen LogP contribution in [0.1, 0.15) is 34.3 Å². The van der Waals surface area contributed by atoms with Crippen molar-refractivity contribution in [3.8, 4) is 11.8 Å². The van der Waals surface area contributed by atoms with Crippen LogP contribution in [0.4, 0.5) is 0 Å². The zero-order valence-electron chi connectivity index (χ0n) is 11.8. The van der Waals surface area contributed by atoms with Crippen molar-refractivity contribution in [3.05, 3.63) is 70.2 Å². The molecule has 2 aromatic carbocycles. The number of Topliss-reactive ketones (excluding diaryl/α,β-unsaturated/α-hetero) is 1.